The maximum absolute atomic E-state index is 5.97. The van der Waals surface area contributed by atoms with E-state index in [4.69, 9.17) is 14.7 Å². The fraction of sp³-hybridized carbons (Fsp3) is 0.0889. The van der Waals surface area contributed by atoms with Crippen molar-refractivity contribution in [2.75, 3.05) is 13.2 Å². The fourth-order valence-corrected chi connectivity index (χ4v) is 12.4. The summed E-state index contributed by atoms with van der Waals surface area (Å²) in [5, 5.41) is 5.05. The zero-order valence-corrected chi connectivity index (χ0v) is 31.5. The minimum absolute atomic E-state index is 0.581. The van der Waals surface area contributed by atoms with Crippen LogP contribution in [0.3, 0.4) is 0 Å². The van der Waals surface area contributed by atoms with Crippen LogP contribution in [0.1, 0.15) is 25.0 Å². The van der Waals surface area contributed by atoms with Crippen LogP contribution in [0.2, 0.25) is 0 Å². The molecule has 0 radical (unpaired) electrons. The van der Waals surface area contributed by atoms with Crippen molar-refractivity contribution in [3.8, 4) is 4.37 Å². The summed E-state index contributed by atoms with van der Waals surface area (Å²) in [6.07, 6.45) is 13.1. The van der Waals surface area contributed by atoms with Gasteiger partial charge >= 0.3 is 282 Å². The number of nitrogens with zero attached hydrogens (tertiary/aromatic N) is 2. The van der Waals surface area contributed by atoms with E-state index in [0.29, 0.717) is 13.2 Å². The molecular formula is C45H37N2OOsP+. The summed E-state index contributed by atoms with van der Waals surface area (Å²) in [6.45, 7) is 5.32. The van der Waals surface area contributed by atoms with Gasteiger partial charge in [-0.25, -0.2) is 0 Å². The predicted octanol–water partition coefficient (Wildman–Crippen LogP) is 9.49. The third kappa shape index (κ3) is 6.70. The van der Waals surface area contributed by atoms with Crippen molar-refractivity contribution in [3.63, 3.8) is 0 Å². The van der Waals surface area contributed by atoms with Gasteiger partial charge < -0.3 is 0 Å². The molecule has 0 aliphatic carbocycles. The normalized spacial score (nSPS) is 15.8. The van der Waals surface area contributed by atoms with Crippen molar-refractivity contribution in [1.29, 1.82) is 0 Å². The molecule has 245 valence electrons. The van der Waals surface area contributed by atoms with Crippen LogP contribution in [0.4, 0.5) is 0 Å². The van der Waals surface area contributed by atoms with Crippen molar-refractivity contribution in [2.45, 2.75) is 13.8 Å². The van der Waals surface area contributed by atoms with E-state index in [0.717, 1.165) is 38.8 Å². The summed E-state index contributed by atoms with van der Waals surface area (Å²) in [7, 11) is -2.41. The number of rotatable bonds is 8. The van der Waals surface area contributed by atoms with Gasteiger partial charge in [0.1, 0.15) is 0 Å². The first-order valence-electron chi connectivity index (χ1n) is 16.8. The van der Waals surface area contributed by atoms with Crippen molar-refractivity contribution < 1.29 is 22.7 Å². The van der Waals surface area contributed by atoms with Crippen molar-refractivity contribution in [1.82, 2.24) is 9.97 Å². The van der Waals surface area contributed by atoms with E-state index in [9.17, 15) is 0 Å². The number of fused-ring (bicyclic) bond motifs is 2. The van der Waals surface area contributed by atoms with Crippen molar-refractivity contribution in [2.24, 2.45) is 0 Å². The summed E-state index contributed by atoms with van der Waals surface area (Å²) in [4.78, 5) is 9.96. The topological polar surface area (TPSA) is 35.0 Å². The van der Waals surface area contributed by atoms with Crippen LogP contribution >= 0.6 is 7.26 Å². The first-order valence-corrected chi connectivity index (χ1v) is 19.8. The summed E-state index contributed by atoms with van der Waals surface area (Å²) >= 11 is 1.80. The first-order chi connectivity index (χ1) is 24.6. The maximum atomic E-state index is 5.97. The van der Waals surface area contributed by atoms with Gasteiger partial charge in [0.05, 0.1) is 0 Å². The molecule has 0 unspecified atom stereocenters. The molecule has 0 bridgehead atoms. The van der Waals surface area contributed by atoms with E-state index in [1.807, 2.05) is 13.0 Å². The monoisotopic (exact) mass is 844 g/mol. The Labute approximate surface area is 304 Å². The van der Waals surface area contributed by atoms with E-state index < -0.39 is 7.26 Å². The molecule has 1 saturated heterocycles. The van der Waals surface area contributed by atoms with Gasteiger partial charge in [-0.1, -0.05) is 12.2 Å². The standard InChI is InChI=1S/C45H37N2OP.Os/c1-4-15-34-23-26-42-44(28-34)46-43-27-24-35(29-45(43)47-42)22-25-37(30-38-32-48-31-36(38)5-2)33(3)49(39-16-9-6-10-17-39,40-18-11-7-12-19-40)41-20-13-8-14-21-41;/h4-30H,31-32H2,1-2H3;/q+1;/b15-4+,25-22+,36-5?,37-33?,38-30?;. The Morgan fingerprint density at radius 1 is 0.640 bits per heavy atom. The Hall–Kier alpha value is -4.79. The number of hydrogen-bond acceptors (Lipinski definition) is 3. The van der Waals surface area contributed by atoms with Gasteiger partial charge in [-0.3, -0.25) is 0 Å². The summed E-state index contributed by atoms with van der Waals surface area (Å²) in [5.74, 6) is 0. The molecule has 0 N–H and O–H groups in total. The molecule has 0 saturated carbocycles. The quantitative estimate of drug-likeness (QED) is 0.0871. The fourth-order valence-electron chi connectivity index (χ4n) is 6.63. The van der Waals surface area contributed by atoms with Crippen LogP contribution in [-0.2, 0) is 22.7 Å². The van der Waals surface area contributed by atoms with E-state index in [-0.39, 0.29) is 0 Å². The molecule has 1 aliphatic rings. The van der Waals surface area contributed by atoms with Crippen LogP contribution in [-0.4, -0.2) is 23.2 Å². The summed E-state index contributed by atoms with van der Waals surface area (Å²) in [6, 6.07) is 45.5. The van der Waals surface area contributed by atoms with Gasteiger partial charge in [-0.15, -0.1) is 0 Å². The summed E-state index contributed by atoms with van der Waals surface area (Å²) in [5.41, 5.74) is 9.26. The van der Waals surface area contributed by atoms with Gasteiger partial charge in [0.25, 0.3) is 0 Å². The molecule has 1 aliphatic heterocycles. The van der Waals surface area contributed by atoms with Gasteiger partial charge in [-0.05, 0) is 12.5 Å². The Morgan fingerprint density at radius 3 is 1.62 bits per heavy atom. The summed E-state index contributed by atoms with van der Waals surface area (Å²) < 4.78 is 9.79. The van der Waals surface area contributed by atoms with Gasteiger partial charge in [0, 0.05) is 0 Å². The number of ether oxygens (including phenoxy) is 1. The Balaban J connectivity index is 1.47. The number of aromatic nitrogens is 2. The second kappa shape index (κ2) is 15.4. The molecule has 0 spiro atoms. The second-order valence-electron chi connectivity index (χ2n) is 12.1. The third-order valence-electron chi connectivity index (χ3n) is 9.02. The average molecular weight is 843 g/mol. The van der Waals surface area contributed by atoms with Crippen LogP contribution in [0.15, 0.2) is 174 Å². The molecule has 50 heavy (non-hydrogen) atoms. The van der Waals surface area contributed by atoms with E-state index >= 15 is 0 Å². The Kier molecular flexibility index (Phi) is 10.4. The predicted molar refractivity (Wildman–Crippen MR) is 210 cm³/mol. The van der Waals surface area contributed by atoms with Crippen LogP contribution in [0.25, 0.3) is 34.2 Å². The zero-order chi connectivity index (χ0) is 34.3. The molecule has 3 nitrogen and oxygen atoms in total. The molecular weight excluding hydrogens is 806 g/mol. The number of hydrogen-bond donors (Lipinski definition) is 0. The molecule has 5 heteroatoms. The van der Waals surface area contributed by atoms with Crippen molar-refractivity contribution >= 4 is 57.4 Å². The average Bonchev–Trinajstić information content (AvgIpc) is 3.63. The molecule has 5 aromatic carbocycles. The van der Waals surface area contributed by atoms with Gasteiger partial charge in [0.2, 0.25) is 0 Å². The number of allylic oxidation sites excluding steroid dienone is 6. The van der Waals surface area contributed by atoms with Crippen molar-refractivity contribution in [3.05, 3.63) is 185 Å². The first kappa shape index (κ1) is 33.7. The molecule has 0 atom stereocenters. The van der Waals surface area contributed by atoms with Gasteiger partial charge in [0.15, 0.2) is 0 Å². The van der Waals surface area contributed by atoms with Crippen LogP contribution in [0, 0.1) is 4.37 Å². The van der Waals surface area contributed by atoms with E-state index in [1.54, 1.807) is 17.9 Å². The molecule has 1 fully saturated rings. The SMILES string of the molecule is CC=C1COCC1=CC(/C=C/c1ccc2nc3cc(/C=C/C)ccc3nc2c1)=C([C]#[Os])[P+](c1ccccc1)(c1ccccc1)c1ccccc1. The van der Waals surface area contributed by atoms with E-state index in [2.05, 4.69) is 169 Å². The second-order valence-corrected chi connectivity index (χ2v) is 16.1. The van der Waals surface area contributed by atoms with Gasteiger partial charge in [-0.2, -0.15) is 0 Å². The number of benzene rings is 5. The molecule has 2 heterocycles. The molecule has 1 aromatic heterocycles. The molecule has 6 aromatic rings. The Morgan fingerprint density at radius 2 is 1.14 bits per heavy atom. The minimum atomic E-state index is -2.41. The zero-order valence-electron chi connectivity index (χ0n) is 28.1. The van der Waals surface area contributed by atoms with Crippen LogP contribution in [0.5, 0.6) is 0 Å². The molecule has 0 amide bonds. The Bertz CT molecular complexity index is 2270. The molecule has 7 rings (SSSR count). The van der Waals surface area contributed by atoms with Crippen LogP contribution < -0.4 is 15.9 Å². The third-order valence-corrected chi connectivity index (χ3v) is 14.4. The van der Waals surface area contributed by atoms with E-state index in [1.165, 1.54) is 32.4 Å².